The average Bonchev–Trinajstić information content (AvgIpc) is 2.63. The molecule has 7 heteroatoms. The Balaban J connectivity index is 0.00000625. The largest absolute Gasteiger partial charge is 0.382 e. The number of aliphatic imine (C=N–C) groups is 1. The second-order valence-electron chi connectivity index (χ2n) is 5.75. The van der Waals surface area contributed by atoms with Crippen LogP contribution in [-0.2, 0) is 9.47 Å². The molecule has 0 aliphatic rings. The molecular weight excluding hydrogens is 443 g/mol. The molecule has 1 rings (SSSR count). The Labute approximate surface area is 175 Å². The number of anilines is 1. The van der Waals surface area contributed by atoms with Gasteiger partial charge in [-0.25, -0.2) is 0 Å². The van der Waals surface area contributed by atoms with Gasteiger partial charge in [0.05, 0.1) is 13.2 Å². The number of aryl methyl sites for hydroxylation is 1. The van der Waals surface area contributed by atoms with Crippen molar-refractivity contribution in [1.82, 2.24) is 10.6 Å². The van der Waals surface area contributed by atoms with Gasteiger partial charge < -0.3 is 25.0 Å². The molecule has 0 saturated heterocycles. The number of likely N-dealkylation sites (N-methyl/N-ethyl adjacent to an activating group) is 1. The van der Waals surface area contributed by atoms with Gasteiger partial charge in [0.1, 0.15) is 0 Å². The van der Waals surface area contributed by atoms with E-state index in [0.29, 0.717) is 13.2 Å². The van der Waals surface area contributed by atoms with Gasteiger partial charge in [0.15, 0.2) is 5.96 Å². The fourth-order valence-corrected chi connectivity index (χ4v) is 2.52. The summed E-state index contributed by atoms with van der Waals surface area (Å²) in [5, 5.41) is 6.68. The van der Waals surface area contributed by atoms with Crippen LogP contribution in [0.1, 0.15) is 18.9 Å². The lowest BCUT2D eigenvalue weighted by Gasteiger charge is -2.25. The maximum atomic E-state index is 5.44. The number of halogens is 1. The van der Waals surface area contributed by atoms with Crippen molar-refractivity contribution in [3.8, 4) is 0 Å². The van der Waals surface area contributed by atoms with Crippen molar-refractivity contribution in [2.75, 3.05) is 65.1 Å². The lowest BCUT2D eigenvalue weighted by molar-refractivity contribution is 0.0698. The minimum Gasteiger partial charge on any atom is -0.382 e. The average molecular weight is 478 g/mol. The van der Waals surface area contributed by atoms with Gasteiger partial charge in [-0.05, 0) is 31.9 Å². The minimum absolute atomic E-state index is 0. The number of para-hydroxylation sites is 1. The number of hydrogen-bond acceptors (Lipinski definition) is 4. The van der Waals surface area contributed by atoms with E-state index < -0.39 is 0 Å². The highest BCUT2D eigenvalue weighted by Crippen LogP contribution is 2.18. The molecule has 1 aromatic carbocycles. The summed E-state index contributed by atoms with van der Waals surface area (Å²) < 4.78 is 10.4. The predicted molar refractivity (Wildman–Crippen MR) is 121 cm³/mol. The maximum Gasteiger partial charge on any atom is 0.191 e. The van der Waals surface area contributed by atoms with Crippen molar-refractivity contribution < 1.29 is 9.47 Å². The van der Waals surface area contributed by atoms with Crippen molar-refractivity contribution in [3.05, 3.63) is 29.8 Å². The number of ether oxygens (including phenoxy) is 2. The Hall–Kier alpha value is -1.06. The first kappa shape index (κ1) is 24.9. The highest BCUT2D eigenvalue weighted by atomic mass is 127. The summed E-state index contributed by atoms with van der Waals surface area (Å²) in [4.78, 5) is 6.64. The Kier molecular flexibility index (Phi) is 15.5. The van der Waals surface area contributed by atoms with Gasteiger partial charge in [-0.1, -0.05) is 18.2 Å². The topological polar surface area (TPSA) is 58.1 Å². The smallest absolute Gasteiger partial charge is 0.191 e. The van der Waals surface area contributed by atoms with E-state index in [1.54, 1.807) is 14.2 Å². The third-order valence-electron chi connectivity index (χ3n) is 3.93. The van der Waals surface area contributed by atoms with E-state index in [0.717, 1.165) is 45.2 Å². The van der Waals surface area contributed by atoms with E-state index in [4.69, 9.17) is 9.47 Å². The first-order valence-corrected chi connectivity index (χ1v) is 9.04. The normalized spacial score (nSPS) is 11.0. The van der Waals surface area contributed by atoms with E-state index in [1.165, 1.54) is 11.3 Å². The van der Waals surface area contributed by atoms with Gasteiger partial charge in [-0.3, -0.25) is 4.99 Å². The molecule has 150 valence electrons. The van der Waals surface area contributed by atoms with E-state index in [9.17, 15) is 0 Å². The van der Waals surface area contributed by atoms with Crippen LogP contribution < -0.4 is 15.5 Å². The molecule has 0 aromatic heterocycles. The number of nitrogens with one attached hydrogen (secondary N) is 2. The number of hydrogen-bond donors (Lipinski definition) is 2. The molecule has 0 fully saturated rings. The first-order chi connectivity index (χ1) is 12.2. The minimum atomic E-state index is 0. The van der Waals surface area contributed by atoms with Crippen LogP contribution in [-0.4, -0.2) is 66.1 Å². The highest BCUT2D eigenvalue weighted by molar-refractivity contribution is 14.0. The van der Waals surface area contributed by atoms with E-state index in [-0.39, 0.29) is 24.0 Å². The molecule has 0 spiro atoms. The monoisotopic (exact) mass is 478 g/mol. The first-order valence-electron chi connectivity index (χ1n) is 9.04. The molecule has 0 aliphatic carbocycles. The summed E-state index contributed by atoms with van der Waals surface area (Å²) in [7, 11) is 3.47. The van der Waals surface area contributed by atoms with Crippen LogP contribution in [0.4, 0.5) is 5.69 Å². The SMILES string of the molecule is CCN(CCNC(=NC)NCCCOCCOC)c1ccccc1C.I. The molecule has 1 aromatic rings. The van der Waals surface area contributed by atoms with Gasteiger partial charge in [0.25, 0.3) is 0 Å². The van der Waals surface area contributed by atoms with Crippen LogP contribution in [0, 0.1) is 6.92 Å². The molecule has 0 amide bonds. The zero-order chi connectivity index (χ0) is 18.3. The molecule has 0 atom stereocenters. The fraction of sp³-hybridized carbons (Fsp3) is 0.632. The number of methoxy groups -OCH3 is 1. The zero-order valence-electron chi connectivity index (χ0n) is 16.6. The van der Waals surface area contributed by atoms with Crippen LogP contribution in [0.5, 0.6) is 0 Å². The van der Waals surface area contributed by atoms with Crippen LogP contribution in [0.3, 0.4) is 0 Å². The van der Waals surface area contributed by atoms with E-state index >= 15 is 0 Å². The molecule has 0 heterocycles. The highest BCUT2D eigenvalue weighted by Gasteiger charge is 2.06. The Morgan fingerprint density at radius 1 is 1.12 bits per heavy atom. The molecule has 0 saturated carbocycles. The second kappa shape index (κ2) is 16.1. The maximum absolute atomic E-state index is 5.44. The molecule has 2 N–H and O–H groups in total. The van der Waals surface area contributed by atoms with Gasteiger partial charge in [0.2, 0.25) is 0 Å². The summed E-state index contributed by atoms with van der Waals surface area (Å²) in [6, 6.07) is 8.50. The van der Waals surface area contributed by atoms with Crippen LogP contribution >= 0.6 is 24.0 Å². The summed E-state index contributed by atoms with van der Waals surface area (Å²) in [5.74, 6) is 0.831. The Bertz CT molecular complexity index is 500. The predicted octanol–water partition coefficient (Wildman–Crippen LogP) is 2.66. The van der Waals surface area contributed by atoms with Crippen molar-refractivity contribution in [2.24, 2.45) is 4.99 Å². The number of guanidine groups is 1. The van der Waals surface area contributed by atoms with Crippen molar-refractivity contribution in [1.29, 1.82) is 0 Å². The molecule has 26 heavy (non-hydrogen) atoms. The molecule has 0 radical (unpaired) electrons. The molecule has 0 unspecified atom stereocenters. The zero-order valence-corrected chi connectivity index (χ0v) is 18.9. The molecule has 6 nitrogen and oxygen atoms in total. The quantitative estimate of drug-likeness (QED) is 0.210. The molecule has 0 bridgehead atoms. The summed E-state index contributed by atoms with van der Waals surface area (Å²) >= 11 is 0. The summed E-state index contributed by atoms with van der Waals surface area (Å²) in [5.41, 5.74) is 2.60. The van der Waals surface area contributed by atoms with Crippen LogP contribution in [0.2, 0.25) is 0 Å². The van der Waals surface area contributed by atoms with Crippen LogP contribution in [0.15, 0.2) is 29.3 Å². The van der Waals surface area contributed by atoms with Gasteiger partial charge >= 0.3 is 0 Å². The van der Waals surface area contributed by atoms with Crippen molar-refractivity contribution in [2.45, 2.75) is 20.3 Å². The van der Waals surface area contributed by atoms with Crippen molar-refractivity contribution >= 4 is 35.6 Å². The Morgan fingerprint density at radius 2 is 1.85 bits per heavy atom. The van der Waals surface area contributed by atoms with Crippen LogP contribution in [0.25, 0.3) is 0 Å². The fourth-order valence-electron chi connectivity index (χ4n) is 2.52. The third kappa shape index (κ3) is 10.2. The van der Waals surface area contributed by atoms with Gasteiger partial charge in [0, 0.05) is 52.6 Å². The second-order valence-corrected chi connectivity index (χ2v) is 5.75. The summed E-state index contributed by atoms with van der Waals surface area (Å²) in [6.45, 7) is 9.95. The molecule has 0 aliphatic heterocycles. The van der Waals surface area contributed by atoms with Gasteiger partial charge in [-0.15, -0.1) is 24.0 Å². The van der Waals surface area contributed by atoms with Gasteiger partial charge in [-0.2, -0.15) is 0 Å². The van der Waals surface area contributed by atoms with Crippen molar-refractivity contribution in [3.63, 3.8) is 0 Å². The van der Waals surface area contributed by atoms with E-state index in [2.05, 4.69) is 58.6 Å². The lowest BCUT2D eigenvalue weighted by Crippen LogP contribution is -2.42. The summed E-state index contributed by atoms with van der Waals surface area (Å²) in [6.07, 6.45) is 0.939. The Morgan fingerprint density at radius 3 is 2.50 bits per heavy atom. The van der Waals surface area contributed by atoms with E-state index in [1.807, 2.05) is 0 Å². The lowest BCUT2D eigenvalue weighted by atomic mass is 10.2. The number of benzene rings is 1. The number of nitrogens with zero attached hydrogens (tertiary/aromatic N) is 2. The third-order valence-corrected chi connectivity index (χ3v) is 3.93. The number of rotatable bonds is 12. The molecular formula is C19H35IN4O2. The standard InChI is InChI=1S/C19H34N4O2.HI/c1-5-23(18-10-7-6-9-17(18)2)13-12-22-19(20-3)21-11-8-14-25-16-15-24-4;/h6-7,9-10H,5,8,11-16H2,1-4H3,(H2,20,21,22);1H.